The lowest BCUT2D eigenvalue weighted by molar-refractivity contribution is 1.01. The minimum atomic E-state index is 0.903. The molecule has 0 saturated carbocycles. The highest BCUT2D eigenvalue weighted by atomic mass is 79.9. The highest BCUT2D eigenvalue weighted by molar-refractivity contribution is 9.10. The summed E-state index contributed by atoms with van der Waals surface area (Å²) in [6.07, 6.45) is 4.61. The fourth-order valence-electron chi connectivity index (χ4n) is 1.63. The van der Waals surface area contributed by atoms with E-state index in [0.29, 0.717) is 0 Å². The Morgan fingerprint density at radius 3 is 2.82 bits per heavy atom. The number of nitrogens with zero attached hydrogens (tertiary/aromatic N) is 2. The fourth-order valence-corrected chi connectivity index (χ4v) is 2.94. The molecule has 0 spiro atoms. The van der Waals surface area contributed by atoms with Crippen LogP contribution in [0.1, 0.15) is 15.6 Å². The molecule has 0 saturated heterocycles. The summed E-state index contributed by atoms with van der Waals surface area (Å²) in [5.41, 5.74) is 2.19. The van der Waals surface area contributed by atoms with Crippen LogP contribution in [0.4, 0.5) is 5.69 Å². The molecule has 5 heteroatoms. The fraction of sp³-hybridized carbons (Fsp3) is 0.333. The molecule has 2 rings (SSSR count). The van der Waals surface area contributed by atoms with Crippen LogP contribution < -0.4 is 5.32 Å². The van der Waals surface area contributed by atoms with E-state index in [2.05, 4.69) is 38.1 Å². The zero-order valence-corrected chi connectivity index (χ0v) is 12.2. The summed E-state index contributed by atoms with van der Waals surface area (Å²) < 4.78 is 0.993. The first-order valence-electron chi connectivity index (χ1n) is 5.42. The normalized spacial score (nSPS) is 10.5. The molecule has 0 atom stereocenters. The number of nitrogens with one attached hydrogen (secondary N) is 1. The van der Waals surface area contributed by atoms with Crippen LogP contribution in [0.25, 0.3) is 0 Å². The van der Waals surface area contributed by atoms with Crippen LogP contribution in [0.2, 0.25) is 0 Å². The Labute approximate surface area is 113 Å². The summed E-state index contributed by atoms with van der Waals surface area (Å²) in [6, 6.07) is 2.03. The quantitative estimate of drug-likeness (QED) is 0.938. The number of hydrogen-bond acceptors (Lipinski definition) is 4. The lowest BCUT2D eigenvalue weighted by Gasteiger charge is -2.05. The Morgan fingerprint density at radius 1 is 1.35 bits per heavy atom. The second kappa shape index (κ2) is 5.60. The van der Waals surface area contributed by atoms with E-state index in [1.807, 2.05) is 19.2 Å². The molecule has 17 heavy (non-hydrogen) atoms. The molecule has 2 heterocycles. The third-order valence-corrected chi connectivity index (χ3v) is 3.95. The number of halogens is 1. The number of aromatic nitrogens is 2. The van der Waals surface area contributed by atoms with Gasteiger partial charge in [-0.15, -0.1) is 11.3 Å². The Morgan fingerprint density at radius 2 is 2.18 bits per heavy atom. The van der Waals surface area contributed by atoms with Crippen molar-refractivity contribution in [2.24, 2.45) is 0 Å². The van der Waals surface area contributed by atoms with E-state index in [1.54, 1.807) is 17.5 Å². The van der Waals surface area contributed by atoms with Crippen LogP contribution >= 0.6 is 27.3 Å². The van der Waals surface area contributed by atoms with Gasteiger partial charge in [0, 0.05) is 28.5 Å². The van der Waals surface area contributed by atoms with Gasteiger partial charge in [0.1, 0.15) is 0 Å². The van der Waals surface area contributed by atoms with Gasteiger partial charge in [0.25, 0.3) is 0 Å². The van der Waals surface area contributed by atoms with Crippen LogP contribution in [-0.4, -0.2) is 16.5 Å². The predicted molar refractivity (Wildman–Crippen MR) is 75.7 cm³/mol. The van der Waals surface area contributed by atoms with E-state index in [4.69, 9.17) is 0 Å². The molecular weight excluding hydrogens is 298 g/mol. The lowest BCUT2D eigenvalue weighted by atomic mass is 10.3. The van der Waals surface area contributed by atoms with E-state index in [0.717, 1.165) is 33.8 Å². The average molecular weight is 312 g/mol. The van der Waals surface area contributed by atoms with Crippen LogP contribution in [0, 0.1) is 13.8 Å². The third kappa shape index (κ3) is 3.51. The summed E-state index contributed by atoms with van der Waals surface area (Å²) in [5, 5.41) is 4.50. The molecule has 2 aromatic heterocycles. The van der Waals surface area contributed by atoms with Crippen molar-refractivity contribution in [2.75, 3.05) is 11.9 Å². The van der Waals surface area contributed by atoms with Gasteiger partial charge < -0.3 is 5.32 Å². The molecule has 0 amide bonds. The molecule has 90 valence electrons. The van der Waals surface area contributed by atoms with Gasteiger partial charge in [0.2, 0.25) is 0 Å². The minimum Gasteiger partial charge on any atom is -0.383 e. The second-order valence-electron chi connectivity index (χ2n) is 3.81. The first kappa shape index (κ1) is 12.5. The van der Waals surface area contributed by atoms with Gasteiger partial charge in [-0.1, -0.05) is 0 Å². The van der Waals surface area contributed by atoms with E-state index >= 15 is 0 Å². The lowest BCUT2D eigenvalue weighted by Crippen LogP contribution is -2.04. The van der Waals surface area contributed by atoms with Gasteiger partial charge in [0.05, 0.1) is 22.6 Å². The minimum absolute atomic E-state index is 0.903. The van der Waals surface area contributed by atoms with Crippen LogP contribution in [0.15, 0.2) is 22.9 Å². The van der Waals surface area contributed by atoms with Crippen molar-refractivity contribution in [3.8, 4) is 0 Å². The smallest absolute Gasteiger partial charge is 0.0900 e. The molecule has 0 aliphatic rings. The molecule has 0 unspecified atom stereocenters. The number of aryl methyl sites for hydroxylation is 2. The van der Waals surface area contributed by atoms with Crippen LogP contribution in [-0.2, 0) is 6.42 Å². The molecule has 0 bridgehead atoms. The maximum Gasteiger partial charge on any atom is 0.0900 e. The van der Waals surface area contributed by atoms with Crippen molar-refractivity contribution in [1.82, 2.24) is 9.97 Å². The molecule has 0 aliphatic heterocycles. The molecule has 0 aromatic carbocycles. The van der Waals surface area contributed by atoms with Gasteiger partial charge in [-0.05, 0) is 35.8 Å². The SMILES string of the molecule is Cc1nc(C)c(CCNc2cncc(Br)c2)s1. The summed E-state index contributed by atoms with van der Waals surface area (Å²) in [6.45, 7) is 5.02. The molecule has 2 aromatic rings. The van der Waals surface area contributed by atoms with Crippen molar-refractivity contribution in [1.29, 1.82) is 0 Å². The standard InChI is InChI=1S/C12H14BrN3S/c1-8-12(17-9(2)16-8)3-4-15-11-5-10(13)6-14-7-11/h5-7,15H,3-4H2,1-2H3. The Bertz CT molecular complexity index is 510. The number of rotatable bonds is 4. The van der Waals surface area contributed by atoms with E-state index in [-0.39, 0.29) is 0 Å². The van der Waals surface area contributed by atoms with Gasteiger partial charge in [0.15, 0.2) is 0 Å². The zero-order chi connectivity index (χ0) is 12.3. The first-order valence-corrected chi connectivity index (χ1v) is 7.03. The van der Waals surface area contributed by atoms with Gasteiger partial charge in [-0.25, -0.2) is 4.98 Å². The molecule has 0 fully saturated rings. The third-order valence-electron chi connectivity index (χ3n) is 2.39. The Balaban J connectivity index is 1.89. The highest BCUT2D eigenvalue weighted by Gasteiger charge is 2.04. The highest BCUT2D eigenvalue weighted by Crippen LogP contribution is 2.18. The number of anilines is 1. The summed E-state index contributed by atoms with van der Waals surface area (Å²) >= 11 is 5.18. The van der Waals surface area contributed by atoms with E-state index in [1.165, 1.54) is 4.88 Å². The molecule has 0 radical (unpaired) electrons. The number of pyridine rings is 1. The maximum absolute atomic E-state index is 4.42. The Kier molecular flexibility index (Phi) is 4.12. The monoisotopic (exact) mass is 311 g/mol. The van der Waals surface area contributed by atoms with Crippen LogP contribution in [0.5, 0.6) is 0 Å². The summed E-state index contributed by atoms with van der Waals surface area (Å²) in [7, 11) is 0. The molecule has 0 aliphatic carbocycles. The van der Waals surface area contributed by atoms with Crippen molar-refractivity contribution < 1.29 is 0 Å². The Hall–Kier alpha value is -0.940. The van der Waals surface area contributed by atoms with Crippen molar-refractivity contribution >= 4 is 33.0 Å². The maximum atomic E-state index is 4.42. The zero-order valence-electron chi connectivity index (χ0n) is 9.83. The summed E-state index contributed by atoms with van der Waals surface area (Å²) in [4.78, 5) is 9.89. The van der Waals surface area contributed by atoms with Gasteiger partial charge in [-0.3, -0.25) is 4.98 Å². The van der Waals surface area contributed by atoms with Gasteiger partial charge >= 0.3 is 0 Å². The average Bonchev–Trinajstić information content (AvgIpc) is 2.58. The van der Waals surface area contributed by atoms with Gasteiger partial charge in [-0.2, -0.15) is 0 Å². The topological polar surface area (TPSA) is 37.8 Å². The van der Waals surface area contributed by atoms with Crippen molar-refractivity contribution in [2.45, 2.75) is 20.3 Å². The molecule has 3 nitrogen and oxygen atoms in total. The number of hydrogen-bond donors (Lipinski definition) is 1. The first-order chi connectivity index (χ1) is 8.15. The van der Waals surface area contributed by atoms with E-state index in [9.17, 15) is 0 Å². The largest absolute Gasteiger partial charge is 0.383 e. The molecular formula is C12H14BrN3S. The van der Waals surface area contributed by atoms with Crippen molar-refractivity contribution in [3.63, 3.8) is 0 Å². The molecule has 1 N–H and O–H groups in total. The summed E-state index contributed by atoms with van der Waals surface area (Å²) in [5.74, 6) is 0. The predicted octanol–water partition coefficient (Wildman–Crippen LogP) is 3.57. The van der Waals surface area contributed by atoms with Crippen LogP contribution in [0.3, 0.4) is 0 Å². The van der Waals surface area contributed by atoms with Crippen molar-refractivity contribution in [3.05, 3.63) is 38.5 Å². The van der Waals surface area contributed by atoms with E-state index < -0.39 is 0 Å². The number of thiazole rings is 1. The second-order valence-corrected chi connectivity index (χ2v) is 6.01.